The third-order valence-electron chi connectivity index (χ3n) is 13.0. The molecule has 0 spiro atoms. The molecule has 1 aromatic heterocycles. The Balaban J connectivity index is 0.921. The van der Waals surface area contributed by atoms with E-state index in [2.05, 4.69) is 224 Å². The minimum Gasteiger partial charge on any atom is -0.456 e. The average molecular weight is 830 g/mol. The van der Waals surface area contributed by atoms with Crippen molar-refractivity contribution < 1.29 is 4.42 Å². The Kier molecular flexibility index (Phi) is 8.56. The van der Waals surface area contributed by atoms with Gasteiger partial charge in [0.25, 0.3) is 0 Å². The first kappa shape index (κ1) is 37.0. The Labute approximate surface area is 375 Å². The minimum absolute atomic E-state index is 0.357. The standard InChI is InChI=1S/C61H39N3O/c1-2-11-38(12-3-1)43-16-10-17-48(33-43)59-62-60(64-61(63-59)50-29-24-41-23-22-40-14-6-7-18-52(40)54(41)35-50)49-30-27-44-32-47(28-26-45(44)34-49)55-36-51(46-25-21-39-13-4-5-15-42(39)31-46)37-57-58(55)53-19-8-9-20-56(53)65-57/h1-37,59H,(H,62,63,64). The molecule has 0 fully saturated rings. The predicted octanol–water partition coefficient (Wildman–Crippen LogP) is 15.7. The molecule has 12 aromatic rings. The fraction of sp³-hybridized carbons (Fsp3) is 0.0164. The summed E-state index contributed by atoms with van der Waals surface area (Å²) >= 11 is 0. The zero-order chi connectivity index (χ0) is 42.8. The van der Waals surface area contributed by atoms with E-state index in [9.17, 15) is 0 Å². The summed E-state index contributed by atoms with van der Waals surface area (Å²) in [7, 11) is 0. The van der Waals surface area contributed by atoms with Crippen molar-refractivity contribution in [1.29, 1.82) is 0 Å². The highest BCUT2D eigenvalue weighted by Gasteiger charge is 2.23. The molecule has 0 amide bonds. The maximum Gasteiger partial charge on any atom is 0.159 e. The van der Waals surface area contributed by atoms with Crippen molar-refractivity contribution in [2.75, 3.05) is 0 Å². The van der Waals surface area contributed by atoms with Gasteiger partial charge in [-0.1, -0.05) is 176 Å². The lowest BCUT2D eigenvalue weighted by molar-refractivity contribution is 0.669. The van der Waals surface area contributed by atoms with Crippen LogP contribution in [0.5, 0.6) is 0 Å². The Morgan fingerprint density at radius 3 is 1.83 bits per heavy atom. The number of hydrogen-bond donors (Lipinski definition) is 1. The van der Waals surface area contributed by atoms with Gasteiger partial charge in [0.2, 0.25) is 0 Å². The Morgan fingerprint density at radius 2 is 0.954 bits per heavy atom. The number of aliphatic imine (C=N–C) groups is 2. The van der Waals surface area contributed by atoms with Crippen LogP contribution in [-0.2, 0) is 0 Å². The molecule has 0 bridgehead atoms. The van der Waals surface area contributed by atoms with Gasteiger partial charge < -0.3 is 9.73 Å². The van der Waals surface area contributed by atoms with Crippen LogP contribution in [0.25, 0.3) is 98.4 Å². The van der Waals surface area contributed by atoms with Gasteiger partial charge in [0, 0.05) is 21.9 Å². The number of nitrogens with one attached hydrogen (secondary N) is 1. The number of rotatable bonds is 6. The van der Waals surface area contributed by atoms with Crippen molar-refractivity contribution >= 4 is 76.7 Å². The van der Waals surface area contributed by atoms with E-state index in [0.717, 1.165) is 83.1 Å². The van der Waals surface area contributed by atoms with Gasteiger partial charge in [0.05, 0.1) is 0 Å². The highest BCUT2D eigenvalue weighted by molar-refractivity contribution is 6.17. The molecule has 0 radical (unpaired) electrons. The summed E-state index contributed by atoms with van der Waals surface area (Å²) in [5.41, 5.74) is 11.7. The number of nitrogens with zero attached hydrogens (tertiary/aromatic N) is 2. The summed E-state index contributed by atoms with van der Waals surface area (Å²) in [6.45, 7) is 0. The summed E-state index contributed by atoms with van der Waals surface area (Å²) in [4.78, 5) is 10.6. The summed E-state index contributed by atoms with van der Waals surface area (Å²) in [5.74, 6) is 1.48. The van der Waals surface area contributed by atoms with E-state index < -0.39 is 0 Å². The lowest BCUT2D eigenvalue weighted by atomic mass is 9.92. The molecule has 1 aliphatic rings. The van der Waals surface area contributed by atoms with Gasteiger partial charge in [0.15, 0.2) is 5.84 Å². The van der Waals surface area contributed by atoms with E-state index in [0.29, 0.717) is 5.84 Å². The first-order valence-electron chi connectivity index (χ1n) is 22.1. The summed E-state index contributed by atoms with van der Waals surface area (Å²) in [5, 5.41) is 15.5. The van der Waals surface area contributed by atoms with Crippen LogP contribution in [0.4, 0.5) is 0 Å². The van der Waals surface area contributed by atoms with E-state index in [4.69, 9.17) is 14.4 Å². The van der Waals surface area contributed by atoms with Crippen LogP contribution in [0.2, 0.25) is 0 Å². The largest absolute Gasteiger partial charge is 0.456 e. The van der Waals surface area contributed by atoms with E-state index in [1.165, 1.54) is 37.9 Å². The Morgan fingerprint density at radius 1 is 0.354 bits per heavy atom. The normalized spacial score (nSPS) is 14.0. The van der Waals surface area contributed by atoms with Crippen LogP contribution >= 0.6 is 0 Å². The molecule has 65 heavy (non-hydrogen) atoms. The van der Waals surface area contributed by atoms with E-state index in [-0.39, 0.29) is 6.17 Å². The van der Waals surface area contributed by atoms with Gasteiger partial charge in [0.1, 0.15) is 23.2 Å². The van der Waals surface area contributed by atoms with Crippen LogP contribution in [0.1, 0.15) is 22.9 Å². The third-order valence-corrected chi connectivity index (χ3v) is 13.0. The number of fused-ring (bicyclic) bond motifs is 8. The highest BCUT2D eigenvalue weighted by Crippen LogP contribution is 2.41. The Hall–Kier alpha value is -8.60. The summed E-state index contributed by atoms with van der Waals surface area (Å²) in [6.07, 6.45) is -0.357. The number of amidine groups is 2. The lowest BCUT2D eigenvalue weighted by Crippen LogP contribution is -2.33. The van der Waals surface area contributed by atoms with Crippen LogP contribution in [0.3, 0.4) is 0 Å². The molecule has 1 N–H and O–H groups in total. The van der Waals surface area contributed by atoms with Crippen LogP contribution < -0.4 is 5.32 Å². The second-order valence-electron chi connectivity index (χ2n) is 17.0. The fourth-order valence-corrected chi connectivity index (χ4v) is 9.73. The SMILES string of the molecule is c1ccc(-c2cccc(C3N=C(c4ccc5ccc6ccccc6c5c4)N=C(c4ccc5cc(-c6cc(-c7ccc8ccccc8c7)cc7oc8ccccc8c67)ccc5c4)N3)c2)cc1. The van der Waals surface area contributed by atoms with Crippen LogP contribution in [0.15, 0.2) is 239 Å². The highest BCUT2D eigenvalue weighted by atomic mass is 16.3. The maximum atomic E-state index is 6.55. The van der Waals surface area contributed by atoms with Crippen molar-refractivity contribution in [1.82, 2.24) is 5.32 Å². The molecule has 4 heteroatoms. The molecule has 4 nitrogen and oxygen atoms in total. The molecule has 2 heterocycles. The van der Waals surface area contributed by atoms with Crippen molar-refractivity contribution in [3.8, 4) is 33.4 Å². The van der Waals surface area contributed by atoms with Crippen LogP contribution in [0, 0.1) is 0 Å². The van der Waals surface area contributed by atoms with Crippen molar-refractivity contribution in [3.63, 3.8) is 0 Å². The van der Waals surface area contributed by atoms with E-state index >= 15 is 0 Å². The molecular weight excluding hydrogens is 791 g/mol. The molecule has 13 rings (SSSR count). The van der Waals surface area contributed by atoms with Gasteiger partial charge in [-0.3, -0.25) is 0 Å². The number of furan rings is 1. The maximum absolute atomic E-state index is 6.55. The second-order valence-corrected chi connectivity index (χ2v) is 17.0. The average Bonchev–Trinajstić information content (AvgIpc) is 3.76. The first-order valence-corrected chi connectivity index (χ1v) is 22.1. The summed E-state index contributed by atoms with van der Waals surface area (Å²) < 4.78 is 6.55. The molecule has 1 atom stereocenters. The fourth-order valence-electron chi connectivity index (χ4n) is 9.73. The second kappa shape index (κ2) is 15.0. The number of benzene rings is 11. The molecule has 0 aliphatic carbocycles. The molecule has 11 aromatic carbocycles. The van der Waals surface area contributed by atoms with Gasteiger partial charge in [-0.05, 0) is 131 Å². The molecule has 1 unspecified atom stereocenters. The van der Waals surface area contributed by atoms with E-state index in [1.807, 2.05) is 6.07 Å². The third kappa shape index (κ3) is 6.54. The van der Waals surface area contributed by atoms with Crippen molar-refractivity contribution in [2.45, 2.75) is 6.17 Å². The van der Waals surface area contributed by atoms with Gasteiger partial charge in [-0.25, -0.2) is 9.98 Å². The monoisotopic (exact) mass is 829 g/mol. The van der Waals surface area contributed by atoms with Gasteiger partial charge in [-0.2, -0.15) is 0 Å². The zero-order valence-corrected chi connectivity index (χ0v) is 35.2. The zero-order valence-electron chi connectivity index (χ0n) is 35.2. The molecule has 0 saturated heterocycles. The smallest absolute Gasteiger partial charge is 0.159 e. The van der Waals surface area contributed by atoms with Gasteiger partial charge >= 0.3 is 0 Å². The quantitative estimate of drug-likeness (QED) is 0.170. The summed E-state index contributed by atoms with van der Waals surface area (Å²) in [6, 6.07) is 80.2. The number of para-hydroxylation sites is 1. The lowest BCUT2D eigenvalue weighted by Gasteiger charge is -2.24. The molecular formula is C61H39N3O. The number of hydrogen-bond acceptors (Lipinski definition) is 4. The topological polar surface area (TPSA) is 49.9 Å². The first-order chi connectivity index (χ1) is 32.1. The minimum atomic E-state index is -0.357. The van der Waals surface area contributed by atoms with Crippen molar-refractivity contribution in [2.24, 2.45) is 9.98 Å². The predicted molar refractivity (Wildman–Crippen MR) is 272 cm³/mol. The molecule has 0 saturated carbocycles. The van der Waals surface area contributed by atoms with Gasteiger partial charge in [-0.15, -0.1) is 0 Å². The Bertz CT molecular complexity index is 3940. The van der Waals surface area contributed by atoms with E-state index in [1.54, 1.807) is 0 Å². The molecule has 1 aliphatic heterocycles. The van der Waals surface area contributed by atoms with Crippen molar-refractivity contribution in [3.05, 3.63) is 241 Å². The molecule has 304 valence electrons. The van der Waals surface area contributed by atoms with Crippen LogP contribution in [-0.4, -0.2) is 11.7 Å².